The predicted molar refractivity (Wildman–Crippen MR) is 152 cm³/mol. The number of hydrogen-bond donors (Lipinski definition) is 2. The number of carboxylic acid groups (broad SMARTS) is 1. The molecule has 214 valence electrons. The minimum atomic E-state index is -3.36. The zero-order chi connectivity index (χ0) is 29.6. The van der Waals surface area contributed by atoms with Crippen LogP contribution in [0.1, 0.15) is 27.6 Å². The van der Waals surface area contributed by atoms with E-state index in [4.69, 9.17) is 24.1 Å². The number of nitrogens with zero attached hydrogens (tertiary/aromatic N) is 1. The molecule has 0 spiro atoms. The molecule has 0 unspecified atom stereocenters. The van der Waals surface area contributed by atoms with Crippen LogP contribution >= 0.6 is 11.3 Å². The SMILES string of the molecule is COC[C@H](C)Oc1cc(Oc2ccc(S(C)(=O)=O)cc2)cc(C(=O)Nc2ncc(Oc3ccc(C(=O)O)cc3)s2)c1. The van der Waals surface area contributed by atoms with Gasteiger partial charge in [0.2, 0.25) is 5.06 Å². The van der Waals surface area contributed by atoms with E-state index in [0.29, 0.717) is 28.9 Å². The van der Waals surface area contributed by atoms with Gasteiger partial charge >= 0.3 is 5.97 Å². The number of amides is 1. The fourth-order valence-electron chi connectivity index (χ4n) is 3.54. The summed E-state index contributed by atoms with van der Waals surface area (Å²) in [6.07, 6.45) is 2.24. The molecule has 0 aliphatic rings. The van der Waals surface area contributed by atoms with Crippen LogP contribution in [0, 0.1) is 0 Å². The second kappa shape index (κ2) is 12.8. The summed E-state index contributed by atoms with van der Waals surface area (Å²) in [5.74, 6) is -0.101. The topological polar surface area (TPSA) is 150 Å². The summed E-state index contributed by atoms with van der Waals surface area (Å²) in [5.41, 5.74) is 0.350. The van der Waals surface area contributed by atoms with Crippen LogP contribution in [0.3, 0.4) is 0 Å². The molecule has 1 atom stereocenters. The van der Waals surface area contributed by atoms with E-state index in [1.807, 2.05) is 6.92 Å². The average Bonchev–Trinajstić information content (AvgIpc) is 3.35. The first-order valence-corrected chi connectivity index (χ1v) is 14.8. The molecule has 1 heterocycles. The standard InChI is InChI=1S/C28H26N2O9S2/c1-17(16-36-2)37-22-12-19(13-23(14-22)38-20-8-10-24(11-9-20)41(3,34)35)26(31)30-28-29-15-25(40-28)39-21-6-4-18(5-7-21)27(32)33/h4-15,17H,16H2,1-3H3,(H,32,33)(H,29,30,31)/t17-/m0/s1. The van der Waals surface area contributed by atoms with E-state index in [1.165, 1.54) is 60.8 Å². The number of aromatic carboxylic acids is 1. The smallest absolute Gasteiger partial charge is 0.335 e. The molecule has 0 fully saturated rings. The Balaban J connectivity index is 1.51. The molecule has 0 bridgehead atoms. The number of thiazole rings is 1. The van der Waals surface area contributed by atoms with Crippen molar-refractivity contribution in [1.82, 2.24) is 4.98 Å². The first-order chi connectivity index (χ1) is 19.5. The lowest BCUT2D eigenvalue weighted by Crippen LogP contribution is -2.18. The average molecular weight is 599 g/mol. The molecule has 13 heteroatoms. The molecular weight excluding hydrogens is 572 g/mol. The van der Waals surface area contributed by atoms with Crippen LogP contribution < -0.4 is 19.5 Å². The highest BCUT2D eigenvalue weighted by molar-refractivity contribution is 7.90. The zero-order valence-corrected chi connectivity index (χ0v) is 23.8. The summed E-state index contributed by atoms with van der Waals surface area (Å²) < 4.78 is 46.2. The lowest BCUT2D eigenvalue weighted by Gasteiger charge is -2.16. The monoisotopic (exact) mass is 598 g/mol. The van der Waals surface area contributed by atoms with Crippen molar-refractivity contribution in [2.45, 2.75) is 17.9 Å². The second-order valence-corrected chi connectivity index (χ2v) is 11.8. The first kappa shape index (κ1) is 29.5. The van der Waals surface area contributed by atoms with Crippen LogP contribution in [0.15, 0.2) is 77.8 Å². The zero-order valence-electron chi connectivity index (χ0n) is 22.2. The van der Waals surface area contributed by atoms with Crippen LogP contribution in [0.2, 0.25) is 0 Å². The fourth-order valence-corrected chi connectivity index (χ4v) is 4.85. The van der Waals surface area contributed by atoms with Crippen molar-refractivity contribution >= 4 is 38.2 Å². The molecule has 1 aromatic heterocycles. The maximum Gasteiger partial charge on any atom is 0.335 e. The maximum absolute atomic E-state index is 13.2. The molecule has 0 radical (unpaired) electrons. The minimum absolute atomic E-state index is 0.131. The minimum Gasteiger partial charge on any atom is -0.488 e. The molecule has 0 aliphatic heterocycles. The molecule has 0 saturated heterocycles. The van der Waals surface area contributed by atoms with Gasteiger partial charge in [-0.2, -0.15) is 0 Å². The quantitative estimate of drug-likeness (QED) is 0.214. The van der Waals surface area contributed by atoms with Crippen molar-refractivity contribution in [3.05, 3.63) is 84.1 Å². The van der Waals surface area contributed by atoms with Gasteiger partial charge < -0.3 is 24.1 Å². The number of nitrogens with one attached hydrogen (secondary N) is 1. The van der Waals surface area contributed by atoms with Crippen molar-refractivity contribution in [3.63, 3.8) is 0 Å². The Bertz CT molecular complexity index is 1630. The van der Waals surface area contributed by atoms with Gasteiger partial charge in [-0.15, -0.1) is 0 Å². The predicted octanol–water partition coefficient (Wildman–Crippen LogP) is 5.50. The van der Waals surface area contributed by atoms with E-state index in [0.717, 1.165) is 17.6 Å². The Kier molecular flexibility index (Phi) is 9.22. The Morgan fingerprint density at radius 1 is 0.927 bits per heavy atom. The summed E-state index contributed by atoms with van der Waals surface area (Å²) >= 11 is 1.08. The van der Waals surface area contributed by atoms with E-state index in [2.05, 4.69) is 10.3 Å². The summed E-state index contributed by atoms with van der Waals surface area (Å²) in [6, 6.07) is 16.5. The Morgan fingerprint density at radius 2 is 1.56 bits per heavy atom. The lowest BCUT2D eigenvalue weighted by atomic mass is 10.2. The number of methoxy groups -OCH3 is 1. The van der Waals surface area contributed by atoms with Crippen LogP contribution in [-0.2, 0) is 14.6 Å². The molecule has 4 aromatic rings. The molecule has 41 heavy (non-hydrogen) atoms. The van der Waals surface area contributed by atoms with Gasteiger partial charge in [0.05, 0.1) is 23.3 Å². The number of rotatable bonds is 12. The second-order valence-electron chi connectivity index (χ2n) is 8.79. The van der Waals surface area contributed by atoms with E-state index in [9.17, 15) is 18.0 Å². The first-order valence-electron chi connectivity index (χ1n) is 12.1. The highest BCUT2D eigenvalue weighted by atomic mass is 32.2. The summed E-state index contributed by atoms with van der Waals surface area (Å²) in [7, 11) is -1.81. The summed E-state index contributed by atoms with van der Waals surface area (Å²) in [5, 5.41) is 12.4. The number of carbonyl (C=O) groups excluding carboxylic acids is 1. The Morgan fingerprint density at radius 3 is 2.20 bits per heavy atom. The third kappa shape index (κ3) is 8.27. The molecule has 0 saturated carbocycles. The number of benzene rings is 3. The van der Waals surface area contributed by atoms with Gasteiger partial charge in [-0.3, -0.25) is 10.1 Å². The van der Waals surface area contributed by atoms with Gasteiger partial charge in [0.15, 0.2) is 15.0 Å². The highest BCUT2D eigenvalue weighted by Gasteiger charge is 2.16. The largest absolute Gasteiger partial charge is 0.488 e. The maximum atomic E-state index is 13.2. The molecule has 4 rings (SSSR count). The number of ether oxygens (including phenoxy) is 4. The summed E-state index contributed by atoms with van der Waals surface area (Å²) in [4.78, 5) is 28.5. The Labute approximate surface area is 240 Å². The van der Waals surface area contributed by atoms with Crippen LogP contribution in [0.4, 0.5) is 5.13 Å². The number of anilines is 1. The number of carboxylic acids is 1. The van der Waals surface area contributed by atoms with Crippen molar-refractivity contribution in [2.75, 3.05) is 25.3 Å². The van der Waals surface area contributed by atoms with Crippen molar-refractivity contribution in [1.29, 1.82) is 0 Å². The number of carbonyl (C=O) groups is 2. The van der Waals surface area contributed by atoms with Gasteiger partial charge in [-0.1, -0.05) is 11.3 Å². The molecule has 0 aliphatic carbocycles. The van der Waals surface area contributed by atoms with Gasteiger partial charge in [0.25, 0.3) is 5.91 Å². The molecule has 2 N–H and O–H groups in total. The number of sulfone groups is 1. The Hall–Kier alpha value is -4.46. The van der Waals surface area contributed by atoms with Crippen LogP contribution in [-0.4, -0.2) is 56.5 Å². The molecule has 1 amide bonds. The number of hydrogen-bond acceptors (Lipinski definition) is 10. The van der Waals surface area contributed by atoms with Gasteiger partial charge in [-0.25, -0.2) is 18.2 Å². The van der Waals surface area contributed by atoms with E-state index >= 15 is 0 Å². The lowest BCUT2D eigenvalue weighted by molar-refractivity contribution is 0.0696. The van der Waals surface area contributed by atoms with E-state index in [1.54, 1.807) is 19.2 Å². The van der Waals surface area contributed by atoms with Gasteiger partial charge in [0, 0.05) is 25.0 Å². The summed E-state index contributed by atoms with van der Waals surface area (Å²) in [6.45, 7) is 2.13. The van der Waals surface area contributed by atoms with Crippen LogP contribution in [0.25, 0.3) is 0 Å². The van der Waals surface area contributed by atoms with E-state index < -0.39 is 21.7 Å². The molecular formula is C28H26N2O9S2. The number of aromatic nitrogens is 1. The molecule has 11 nitrogen and oxygen atoms in total. The van der Waals surface area contributed by atoms with Gasteiger partial charge in [-0.05, 0) is 67.6 Å². The third-order valence-electron chi connectivity index (χ3n) is 5.39. The van der Waals surface area contributed by atoms with Gasteiger partial charge in [0.1, 0.15) is 29.1 Å². The van der Waals surface area contributed by atoms with E-state index in [-0.39, 0.29) is 33.0 Å². The van der Waals surface area contributed by atoms with Crippen molar-refractivity contribution < 1.29 is 42.1 Å². The normalized spacial score (nSPS) is 11.9. The third-order valence-corrected chi connectivity index (χ3v) is 7.31. The van der Waals surface area contributed by atoms with Crippen molar-refractivity contribution in [3.8, 4) is 28.1 Å². The van der Waals surface area contributed by atoms with Crippen LogP contribution in [0.5, 0.6) is 28.1 Å². The van der Waals surface area contributed by atoms with Crippen molar-refractivity contribution in [2.24, 2.45) is 0 Å². The fraction of sp³-hybridized carbons (Fsp3) is 0.179. The highest BCUT2D eigenvalue weighted by Crippen LogP contribution is 2.32. The molecule has 3 aromatic carbocycles.